The fourth-order valence-electron chi connectivity index (χ4n) is 2.92. The number of benzene rings is 1. The van der Waals surface area contributed by atoms with Gasteiger partial charge < -0.3 is 13.9 Å². The van der Waals surface area contributed by atoms with E-state index in [0.717, 1.165) is 42.9 Å². The highest BCUT2D eigenvalue weighted by Crippen LogP contribution is 2.53. The molecule has 0 radical (unpaired) electrons. The third-order valence-corrected chi connectivity index (χ3v) is 6.10. The maximum Gasteiger partial charge on any atom is 0.358 e. The van der Waals surface area contributed by atoms with Gasteiger partial charge >= 0.3 is 7.60 Å². The van der Waals surface area contributed by atoms with E-state index in [1.54, 1.807) is 0 Å². The molecule has 0 saturated carbocycles. The summed E-state index contributed by atoms with van der Waals surface area (Å²) in [4.78, 5) is 7.01. The van der Waals surface area contributed by atoms with Gasteiger partial charge in [-0.05, 0) is 24.5 Å². The Labute approximate surface area is 131 Å². The van der Waals surface area contributed by atoms with Gasteiger partial charge in [0.15, 0.2) is 5.78 Å². The molecule has 2 heterocycles. The predicted octanol–water partition coefficient (Wildman–Crippen LogP) is 3.37. The molecular formula is C16H21N2O3P. The molecule has 0 spiro atoms. The highest BCUT2D eigenvalue weighted by molar-refractivity contribution is 7.54. The largest absolute Gasteiger partial charge is 0.358 e. The first-order valence-electron chi connectivity index (χ1n) is 7.49. The van der Waals surface area contributed by atoms with E-state index in [1.807, 2.05) is 30.4 Å². The molecule has 1 saturated heterocycles. The average molecular weight is 320 g/mol. The van der Waals surface area contributed by atoms with Crippen LogP contribution in [0.1, 0.15) is 24.0 Å². The lowest BCUT2D eigenvalue weighted by Gasteiger charge is -2.24. The van der Waals surface area contributed by atoms with Gasteiger partial charge in [-0.25, -0.2) is 4.99 Å². The van der Waals surface area contributed by atoms with Crippen LogP contribution in [-0.4, -0.2) is 43.8 Å². The van der Waals surface area contributed by atoms with Crippen molar-refractivity contribution in [3.8, 4) is 0 Å². The van der Waals surface area contributed by atoms with Crippen LogP contribution in [0, 0.1) is 0 Å². The van der Waals surface area contributed by atoms with Gasteiger partial charge in [-0.2, -0.15) is 0 Å². The SMILES string of the molecule is COP(=O)(OC)C1C=Cc2ccccc2C(N2CCCC2)=N1. The molecule has 1 atom stereocenters. The molecule has 0 aliphatic carbocycles. The molecule has 2 aliphatic rings. The average Bonchev–Trinajstić information content (AvgIpc) is 3.02. The van der Waals surface area contributed by atoms with Gasteiger partial charge in [0, 0.05) is 32.9 Å². The van der Waals surface area contributed by atoms with Crippen molar-refractivity contribution < 1.29 is 13.6 Å². The second-order valence-corrected chi connectivity index (χ2v) is 7.75. The summed E-state index contributed by atoms with van der Waals surface area (Å²) in [5.41, 5.74) is 2.15. The molecular weight excluding hydrogens is 299 g/mol. The number of hydrogen-bond acceptors (Lipinski definition) is 5. The van der Waals surface area contributed by atoms with Crippen molar-refractivity contribution in [1.29, 1.82) is 0 Å². The van der Waals surface area contributed by atoms with Crippen molar-refractivity contribution in [2.75, 3.05) is 27.3 Å². The van der Waals surface area contributed by atoms with E-state index in [-0.39, 0.29) is 0 Å². The van der Waals surface area contributed by atoms with E-state index in [1.165, 1.54) is 14.2 Å². The Bertz CT molecular complexity index is 643. The first-order valence-corrected chi connectivity index (χ1v) is 9.10. The number of hydrogen-bond donors (Lipinski definition) is 0. The summed E-state index contributed by atoms with van der Waals surface area (Å²) in [6, 6.07) is 8.11. The topological polar surface area (TPSA) is 51.1 Å². The van der Waals surface area contributed by atoms with Crippen LogP contribution in [-0.2, 0) is 13.6 Å². The quantitative estimate of drug-likeness (QED) is 0.801. The maximum absolute atomic E-state index is 12.7. The molecule has 3 rings (SSSR count). The minimum Gasteiger partial charge on any atom is -0.356 e. The zero-order valence-corrected chi connectivity index (χ0v) is 13.8. The second-order valence-electron chi connectivity index (χ2n) is 5.41. The summed E-state index contributed by atoms with van der Waals surface area (Å²) in [6.07, 6.45) is 6.09. The molecule has 5 nitrogen and oxygen atoms in total. The Balaban J connectivity index is 2.09. The van der Waals surface area contributed by atoms with Crippen LogP contribution in [0.3, 0.4) is 0 Å². The number of nitrogens with zero attached hydrogens (tertiary/aromatic N) is 2. The van der Waals surface area contributed by atoms with Gasteiger partial charge in [0.05, 0.1) is 0 Å². The molecule has 0 bridgehead atoms. The van der Waals surface area contributed by atoms with Crippen LogP contribution < -0.4 is 0 Å². The Morgan fingerprint density at radius 2 is 1.86 bits per heavy atom. The molecule has 1 fully saturated rings. The van der Waals surface area contributed by atoms with Crippen LogP contribution in [0.4, 0.5) is 0 Å². The van der Waals surface area contributed by atoms with Crippen molar-refractivity contribution in [3.63, 3.8) is 0 Å². The summed E-state index contributed by atoms with van der Waals surface area (Å²) in [6.45, 7) is 1.95. The van der Waals surface area contributed by atoms with Crippen molar-refractivity contribution in [2.24, 2.45) is 4.99 Å². The standard InChI is InChI=1S/C16H21N2O3P/c1-20-22(19,21-2)15-10-9-13-7-3-4-8-14(13)16(17-15)18-11-5-6-12-18/h3-4,7-10,15H,5-6,11-12H2,1-2H3. The van der Waals surface area contributed by atoms with Crippen LogP contribution in [0.15, 0.2) is 35.3 Å². The van der Waals surface area contributed by atoms with Gasteiger partial charge in [-0.1, -0.05) is 30.3 Å². The summed E-state index contributed by atoms with van der Waals surface area (Å²) < 4.78 is 23.0. The monoisotopic (exact) mass is 320 g/mol. The highest BCUT2D eigenvalue weighted by atomic mass is 31.2. The normalized spacial score (nSPS) is 21.5. The molecule has 0 aromatic heterocycles. The fourth-order valence-corrected chi connectivity index (χ4v) is 4.05. The number of amidine groups is 1. The highest BCUT2D eigenvalue weighted by Gasteiger charge is 2.34. The second kappa shape index (κ2) is 6.37. The Hall–Kier alpha value is -1.42. The zero-order chi connectivity index (χ0) is 15.6. The van der Waals surface area contributed by atoms with E-state index < -0.39 is 13.4 Å². The van der Waals surface area contributed by atoms with Crippen molar-refractivity contribution in [1.82, 2.24) is 4.90 Å². The van der Waals surface area contributed by atoms with Gasteiger partial charge in [0.1, 0.15) is 5.84 Å². The smallest absolute Gasteiger partial charge is 0.356 e. The van der Waals surface area contributed by atoms with Crippen molar-refractivity contribution in [3.05, 3.63) is 41.5 Å². The Morgan fingerprint density at radius 3 is 2.55 bits per heavy atom. The van der Waals surface area contributed by atoms with Crippen LogP contribution in [0.2, 0.25) is 0 Å². The van der Waals surface area contributed by atoms with Crippen molar-refractivity contribution in [2.45, 2.75) is 18.6 Å². The lowest BCUT2D eigenvalue weighted by Crippen LogP contribution is -2.30. The van der Waals surface area contributed by atoms with E-state index in [9.17, 15) is 4.57 Å². The Morgan fingerprint density at radius 1 is 1.18 bits per heavy atom. The molecule has 118 valence electrons. The number of aliphatic imine (C=N–C) groups is 1. The molecule has 2 aliphatic heterocycles. The summed E-state index contributed by atoms with van der Waals surface area (Å²) in [5, 5.41) is 0. The molecule has 1 aromatic carbocycles. The van der Waals surface area contributed by atoms with Gasteiger partial charge in [-0.3, -0.25) is 4.57 Å². The Kier molecular flexibility index (Phi) is 4.48. The molecule has 1 unspecified atom stereocenters. The van der Waals surface area contributed by atoms with Gasteiger partial charge in [0.2, 0.25) is 0 Å². The summed E-state index contributed by atoms with van der Waals surface area (Å²) >= 11 is 0. The van der Waals surface area contributed by atoms with E-state index >= 15 is 0 Å². The predicted molar refractivity (Wildman–Crippen MR) is 88.2 cm³/mol. The van der Waals surface area contributed by atoms with Crippen LogP contribution in [0.5, 0.6) is 0 Å². The van der Waals surface area contributed by atoms with E-state index in [2.05, 4.69) is 11.0 Å². The van der Waals surface area contributed by atoms with Crippen molar-refractivity contribution >= 4 is 19.5 Å². The molecule has 0 amide bonds. The first-order chi connectivity index (χ1) is 10.7. The minimum absolute atomic E-state index is 0.620. The lowest BCUT2D eigenvalue weighted by molar-refractivity contribution is 0.270. The molecule has 6 heteroatoms. The zero-order valence-electron chi connectivity index (χ0n) is 12.9. The van der Waals surface area contributed by atoms with Gasteiger partial charge in [0.25, 0.3) is 0 Å². The lowest BCUT2D eigenvalue weighted by atomic mass is 10.1. The number of fused-ring (bicyclic) bond motifs is 1. The number of rotatable bonds is 3. The minimum atomic E-state index is -3.29. The van der Waals surface area contributed by atoms with E-state index in [4.69, 9.17) is 14.0 Å². The summed E-state index contributed by atoms with van der Waals surface area (Å²) in [5.74, 6) is 0.267. The molecule has 0 N–H and O–H groups in total. The van der Waals surface area contributed by atoms with Gasteiger partial charge in [-0.15, -0.1) is 0 Å². The molecule has 1 aromatic rings. The summed E-state index contributed by atoms with van der Waals surface area (Å²) in [7, 11) is -0.483. The first kappa shape index (κ1) is 15.5. The van der Waals surface area contributed by atoms with Crippen LogP contribution in [0.25, 0.3) is 6.08 Å². The molecule has 22 heavy (non-hydrogen) atoms. The number of likely N-dealkylation sites (tertiary alicyclic amines) is 1. The fraction of sp³-hybridized carbons (Fsp3) is 0.438. The third kappa shape index (κ3) is 2.76. The van der Waals surface area contributed by atoms with Crippen LogP contribution >= 0.6 is 7.60 Å². The third-order valence-electron chi connectivity index (χ3n) is 4.14. The maximum atomic E-state index is 12.7. The van der Waals surface area contributed by atoms with E-state index in [0.29, 0.717) is 0 Å².